The summed E-state index contributed by atoms with van der Waals surface area (Å²) in [5, 5.41) is 6.04. The van der Waals surface area contributed by atoms with Crippen molar-refractivity contribution < 1.29 is 13.2 Å². The summed E-state index contributed by atoms with van der Waals surface area (Å²) < 4.78 is 39.3. The minimum atomic E-state index is -4.43. The lowest BCUT2D eigenvalue weighted by molar-refractivity contribution is -0.137. The van der Waals surface area contributed by atoms with E-state index < -0.39 is 11.7 Å². The molecule has 0 aliphatic carbocycles. The number of aromatic nitrogens is 1. The van der Waals surface area contributed by atoms with Crippen LogP contribution in [-0.4, -0.2) is 12.0 Å². The van der Waals surface area contributed by atoms with Crippen LogP contribution >= 0.6 is 34.2 Å². The van der Waals surface area contributed by atoms with E-state index >= 15 is 0 Å². The molecule has 1 aromatic carbocycles. The molecule has 8 heteroatoms. The number of anilines is 3. The number of pyridine rings is 1. The van der Waals surface area contributed by atoms with Crippen LogP contribution in [0, 0.1) is 3.57 Å². The van der Waals surface area contributed by atoms with Crippen LogP contribution in [0.3, 0.4) is 0 Å². The lowest BCUT2D eigenvalue weighted by Crippen LogP contribution is -2.08. The number of benzene rings is 1. The van der Waals surface area contributed by atoms with Crippen LogP contribution < -0.4 is 10.6 Å². The second-order valence-corrected chi connectivity index (χ2v) is 5.72. The molecule has 0 radical (unpaired) electrons. The van der Waals surface area contributed by atoms with Gasteiger partial charge in [-0.1, -0.05) is 11.6 Å². The highest BCUT2D eigenvalue weighted by Crippen LogP contribution is 2.33. The van der Waals surface area contributed by atoms with Crippen molar-refractivity contribution in [3.8, 4) is 0 Å². The summed E-state index contributed by atoms with van der Waals surface area (Å²) in [6.45, 7) is 0. The zero-order chi connectivity index (χ0) is 15.6. The molecule has 2 N–H and O–H groups in total. The Morgan fingerprint density at radius 2 is 1.81 bits per heavy atom. The average molecular weight is 428 g/mol. The van der Waals surface area contributed by atoms with Gasteiger partial charge in [0, 0.05) is 15.6 Å². The number of hydrogen-bond acceptors (Lipinski definition) is 3. The number of alkyl halides is 3. The number of nitrogens with one attached hydrogen (secondary N) is 2. The lowest BCUT2D eigenvalue weighted by Gasteiger charge is -2.13. The van der Waals surface area contributed by atoms with Crippen LogP contribution in [0.4, 0.5) is 30.5 Å². The van der Waals surface area contributed by atoms with Crippen LogP contribution in [0.25, 0.3) is 0 Å². The number of halogens is 5. The first-order chi connectivity index (χ1) is 9.79. The van der Waals surface area contributed by atoms with Crippen LogP contribution in [0.1, 0.15) is 5.56 Å². The smallest absolute Gasteiger partial charge is 0.373 e. The summed E-state index contributed by atoms with van der Waals surface area (Å²) >= 11 is 7.89. The predicted octanol–water partition coefficient (Wildman–Crippen LogP) is 5.14. The number of rotatable bonds is 3. The van der Waals surface area contributed by atoms with Crippen molar-refractivity contribution in [2.75, 3.05) is 17.7 Å². The normalized spacial score (nSPS) is 11.3. The van der Waals surface area contributed by atoms with Crippen molar-refractivity contribution >= 4 is 51.5 Å². The molecule has 0 amide bonds. The molecule has 0 aliphatic rings. The molecule has 2 rings (SSSR count). The second-order valence-electron chi connectivity index (χ2n) is 4.12. The average Bonchev–Trinajstić information content (AvgIpc) is 2.40. The zero-order valence-electron chi connectivity index (χ0n) is 10.7. The minimum absolute atomic E-state index is 0.106. The summed E-state index contributed by atoms with van der Waals surface area (Å²) in [6, 6.07) is 6.96. The van der Waals surface area contributed by atoms with Crippen molar-refractivity contribution in [2.24, 2.45) is 0 Å². The van der Waals surface area contributed by atoms with Crippen molar-refractivity contribution in [1.29, 1.82) is 0 Å². The van der Waals surface area contributed by atoms with E-state index in [0.29, 0.717) is 10.7 Å². The van der Waals surface area contributed by atoms with Gasteiger partial charge in [-0.3, -0.25) is 0 Å². The Bertz CT molecular complexity index is 662. The fourth-order valence-electron chi connectivity index (χ4n) is 1.62. The van der Waals surface area contributed by atoms with Crippen molar-refractivity contribution in [3.63, 3.8) is 0 Å². The van der Waals surface area contributed by atoms with Crippen LogP contribution in [-0.2, 0) is 6.18 Å². The number of hydrogen-bond donors (Lipinski definition) is 2. The summed E-state index contributed by atoms with van der Waals surface area (Å²) in [6.07, 6.45) is -4.43. The zero-order valence-corrected chi connectivity index (χ0v) is 13.6. The van der Waals surface area contributed by atoms with Gasteiger partial charge < -0.3 is 10.6 Å². The third-order valence-corrected chi connectivity index (χ3v) is 3.73. The van der Waals surface area contributed by atoms with Gasteiger partial charge in [-0.15, -0.1) is 0 Å². The Morgan fingerprint density at radius 3 is 2.38 bits per heavy atom. The lowest BCUT2D eigenvalue weighted by atomic mass is 10.2. The molecule has 0 unspecified atom stereocenters. The van der Waals surface area contributed by atoms with Gasteiger partial charge >= 0.3 is 6.18 Å². The van der Waals surface area contributed by atoms with E-state index in [4.69, 9.17) is 11.6 Å². The molecule has 0 bridgehead atoms. The molecule has 0 atom stereocenters. The first-order valence-electron chi connectivity index (χ1n) is 5.78. The first kappa shape index (κ1) is 16.2. The van der Waals surface area contributed by atoms with E-state index in [1.54, 1.807) is 18.2 Å². The van der Waals surface area contributed by atoms with Crippen LogP contribution in [0.15, 0.2) is 30.3 Å². The van der Waals surface area contributed by atoms with E-state index in [9.17, 15) is 13.2 Å². The third kappa shape index (κ3) is 4.13. The second kappa shape index (κ2) is 6.27. The van der Waals surface area contributed by atoms with E-state index in [-0.39, 0.29) is 11.6 Å². The molecule has 0 fully saturated rings. The fraction of sp³-hybridized carbons (Fsp3) is 0.154. The molecule has 2 aromatic rings. The van der Waals surface area contributed by atoms with Gasteiger partial charge in [-0.2, -0.15) is 13.2 Å². The third-order valence-electron chi connectivity index (χ3n) is 2.60. The maximum atomic E-state index is 12.9. The van der Waals surface area contributed by atoms with Crippen molar-refractivity contribution in [3.05, 3.63) is 44.5 Å². The highest BCUT2D eigenvalue weighted by atomic mass is 127. The molecule has 0 saturated heterocycles. The summed E-state index contributed by atoms with van der Waals surface area (Å²) in [4.78, 5) is 4.07. The Hall–Kier alpha value is -1.22. The molecule has 1 heterocycles. The summed E-state index contributed by atoms with van der Waals surface area (Å²) in [5.74, 6) is 0.241. The number of nitrogens with zero attached hydrogens (tertiary/aromatic N) is 1. The Balaban J connectivity index is 2.39. The Labute approximate surface area is 138 Å². The molecule has 0 spiro atoms. The van der Waals surface area contributed by atoms with Gasteiger partial charge in [0.1, 0.15) is 11.6 Å². The molecule has 0 aliphatic heterocycles. The van der Waals surface area contributed by atoms with Crippen LogP contribution in [0.5, 0.6) is 0 Å². The molecule has 3 nitrogen and oxygen atoms in total. The minimum Gasteiger partial charge on any atom is -0.373 e. The Kier molecular flexibility index (Phi) is 4.82. The van der Waals surface area contributed by atoms with E-state index in [1.165, 1.54) is 7.05 Å². The molecular formula is C13H10ClF3IN3. The molecular weight excluding hydrogens is 418 g/mol. The van der Waals surface area contributed by atoms with Gasteiger partial charge in [0.15, 0.2) is 0 Å². The largest absolute Gasteiger partial charge is 0.416 e. The monoisotopic (exact) mass is 427 g/mol. The SMILES string of the molecule is CNc1cc(C(F)(F)F)cc(Nc2ccc(Cl)cc2I)n1. The predicted molar refractivity (Wildman–Crippen MR) is 86.2 cm³/mol. The van der Waals surface area contributed by atoms with E-state index in [1.807, 2.05) is 22.6 Å². The molecule has 112 valence electrons. The van der Waals surface area contributed by atoms with E-state index in [2.05, 4.69) is 15.6 Å². The first-order valence-corrected chi connectivity index (χ1v) is 7.24. The molecule has 0 saturated carbocycles. The van der Waals surface area contributed by atoms with Gasteiger partial charge in [0.05, 0.1) is 11.3 Å². The van der Waals surface area contributed by atoms with Gasteiger partial charge in [0.2, 0.25) is 0 Å². The van der Waals surface area contributed by atoms with Crippen molar-refractivity contribution in [2.45, 2.75) is 6.18 Å². The highest BCUT2D eigenvalue weighted by Gasteiger charge is 2.31. The van der Waals surface area contributed by atoms with E-state index in [0.717, 1.165) is 15.7 Å². The quantitative estimate of drug-likeness (QED) is 0.666. The molecule has 21 heavy (non-hydrogen) atoms. The maximum absolute atomic E-state index is 12.9. The van der Waals surface area contributed by atoms with Gasteiger partial charge in [-0.25, -0.2) is 4.98 Å². The highest BCUT2D eigenvalue weighted by molar-refractivity contribution is 14.1. The summed E-state index contributed by atoms with van der Waals surface area (Å²) in [7, 11) is 1.51. The van der Waals surface area contributed by atoms with Gasteiger partial charge in [0.25, 0.3) is 0 Å². The van der Waals surface area contributed by atoms with Gasteiger partial charge in [-0.05, 0) is 52.9 Å². The maximum Gasteiger partial charge on any atom is 0.416 e. The summed E-state index contributed by atoms with van der Waals surface area (Å²) in [5.41, 5.74) is -0.137. The molecule has 1 aromatic heterocycles. The Morgan fingerprint density at radius 1 is 1.14 bits per heavy atom. The fourth-order valence-corrected chi connectivity index (χ4v) is 2.62. The van der Waals surface area contributed by atoms with Crippen molar-refractivity contribution in [1.82, 2.24) is 4.98 Å². The standard InChI is InChI=1S/C13H10ClF3IN3/c1-19-11-4-7(13(15,16)17)5-12(21-11)20-10-3-2-8(14)6-9(10)18/h2-6H,1H3,(H2,19,20,21). The van der Waals surface area contributed by atoms with Crippen LogP contribution in [0.2, 0.25) is 5.02 Å². The topological polar surface area (TPSA) is 37.0 Å².